The number of ether oxygens (including phenoxy) is 1. The third-order valence-corrected chi connectivity index (χ3v) is 1.84. The van der Waals surface area contributed by atoms with Crippen LogP contribution in [0.3, 0.4) is 0 Å². The van der Waals surface area contributed by atoms with Gasteiger partial charge in [-0.2, -0.15) is 0 Å². The Morgan fingerprint density at radius 3 is 2.50 bits per heavy atom. The third kappa shape index (κ3) is 5.39. The van der Waals surface area contributed by atoms with Crippen molar-refractivity contribution in [3.8, 4) is 5.75 Å². The first kappa shape index (κ1) is 14.5. The molecule has 0 unspecified atom stereocenters. The molecule has 0 amide bonds. The number of benzene rings is 1. The van der Waals surface area contributed by atoms with Crippen LogP contribution >= 0.6 is 0 Å². The number of rotatable bonds is 0. The maximum atomic E-state index is 9.00. The van der Waals surface area contributed by atoms with E-state index in [0.717, 1.165) is 25.7 Å². The van der Waals surface area contributed by atoms with E-state index in [2.05, 4.69) is 25.1 Å². The predicted molar refractivity (Wildman–Crippen MR) is 65.0 cm³/mol. The van der Waals surface area contributed by atoms with Crippen LogP contribution in [-0.4, -0.2) is 17.7 Å². The van der Waals surface area contributed by atoms with Crippen molar-refractivity contribution in [2.45, 2.75) is 34.1 Å². The quantitative estimate of drug-likeness (QED) is 0.736. The number of carboxylic acid groups (broad SMARTS) is 1. The number of hydrogen-bond acceptors (Lipinski definition) is 2. The Hall–Kier alpha value is -1.51. The first-order chi connectivity index (χ1) is 7.59. The van der Waals surface area contributed by atoms with Crippen molar-refractivity contribution >= 4 is 5.97 Å². The van der Waals surface area contributed by atoms with Crippen LogP contribution < -0.4 is 4.74 Å². The Bertz CT molecular complexity index is 328. The number of carboxylic acids is 1. The van der Waals surface area contributed by atoms with Gasteiger partial charge in [0, 0.05) is 13.3 Å². The average molecular weight is 224 g/mol. The van der Waals surface area contributed by atoms with Gasteiger partial charge in [-0.3, -0.25) is 4.79 Å². The molecule has 3 heteroatoms. The maximum absolute atomic E-state index is 9.00. The summed E-state index contributed by atoms with van der Waals surface area (Å²) in [5.74, 6) is 0.241. The molecule has 0 fully saturated rings. The van der Waals surface area contributed by atoms with E-state index >= 15 is 0 Å². The summed E-state index contributed by atoms with van der Waals surface area (Å²) in [6, 6.07) is 6.34. The molecule has 1 heterocycles. The molecule has 1 aliphatic heterocycles. The standard InChI is InChI=1S/C9H10O.C2H4O2.C2H6/c1-7-2-3-9-8(6-7)4-5-10-9;1-2(3)4;1-2/h2-3,6H,4-5H2,1H3;1H3,(H,3,4);1-2H3. The molecule has 0 radical (unpaired) electrons. The summed E-state index contributed by atoms with van der Waals surface area (Å²) in [6.45, 7) is 8.05. The lowest BCUT2D eigenvalue weighted by Gasteiger charge is -1.97. The van der Waals surface area contributed by atoms with Gasteiger partial charge in [0.25, 0.3) is 5.97 Å². The van der Waals surface area contributed by atoms with E-state index in [1.165, 1.54) is 11.1 Å². The van der Waals surface area contributed by atoms with Crippen molar-refractivity contribution in [3.63, 3.8) is 0 Å². The molecule has 0 bridgehead atoms. The van der Waals surface area contributed by atoms with Gasteiger partial charge in [-0.1, -0.05) is 31.5 Å². The zero-order valence-electron chi connectivity index (χ0n) is 10.4. The molecule has 1 N–H and O–H groups in total. The number of carbonyl (C=O) groups is 1. The van der Waals surface area contributed by atoms with E-state index in [-0.39, 0.29) is 0 Å². The van der Waals surface area contributed by atoms with E-state index in [0.29, 0.717) is 0 Å². The highest BCUT2D eigenvalue weighted by atomic mass is 16.5. The molecule has 0 aliphatic carbocycles. The summed E-state index contributed by atoms with van der Waals surface area (Å²) < 4.78 is 5.35. The first-order valence-corrected chi connectivity index (χ1v) is 5.51. The van der Waals surface area contributed by atoms with Crippen LogP contribution in [0.25, 0.3) is 0 Å². The van der Waals surface area contributed by atoms with Gasteiger partial charge >= 0.3 is 0 Å². The van der Waals surface area contributed by atoms with Crippen LogP contribution in [-0.2, 0) is 11.2 Å². The van der Waals surface area contributed by atoms with Gasteiger partial charge in [0.2, 0.25) is 0 Å². The van der Waals surface area contributed by atoms with Gasteiger partial charge in [0.1, 0.15) is 5.75 Å². The minimum atomic E-state index is -0.833. The molecular formula is C13H20O3. The molecule has 90 valence electrons. The van der Waals surface area contributed by atoms with Crippen LogP contribution in [0.5, 0.6) is 5.75 Å². The lowest BCUT2D eigenvalue weighted by Crippen LogP contribution is -1.85. The highest BCUT2D eigenvalue weighted by Gasteiger charge is 2.09. The number of fused-ring (bicyclic) bond motifs is 1. The Labute approximate surface area is 97.1 Å². The summed E-state index contributed by atoms with van der Waals surface area (Å²) in [7, 11) is 0. The van der Waals surface area contributed by atoms with E-state index < -0.39 is 5.97 Å². The molecule has 0 saturated heterocycles. The molecule has 0 saturated carbocycles. The normalized spacial score (nSPS) is 11.0. The van der Waals surface area contributed by atoms with Crippen molar-refractivity contribution in [2.75, 3.05) is 6.61 Å². The number of hydrogen-bond donors (Lipinski definition) is 1. The molecule has 1 aromatic rings. The zero-order valence-corrected chi connectivity index (χ0v) is 10.4. The largest absolute Gasteiger partial charge is 0.493 e. The van der Waals surface area contributed by atoms with Gasteiger partial charge < -0.3 is 9.84 Å². The first-order valence-electron chi connectivity index (χ1n) is 5.51. The summed E-state index contributed by atoms with van der Waals surface area (Å²) >= 11 is 0. The van der Waals surface area contributed by atoms with Crippen molar-refractivity contribution in [1.82, 2.24) is 0 Å². The highest BCUT2D eigenvalue weighted by Crippen LogP contribution is 2.25. The average Bonchev–Trinajstić information content (AvgIpc) is 2.67. The summed E-state index contributed by atoms with van der Waals surface area (Å²) in [4.78, 5) is 9.00. The smallest absolute Gasteiger partial charge is 0.300 e. The van der Waals surface area contributed by atoms with Gasteiger partial charge in [-0.15, -0.1) is 0 Å². The molecule has 1 aliphatic rings. The summed E-state index contributed by atoms with van der Waals surface area (Å²) in [6.07, 6.45) is 1.08. The Kier molecular flexibility index (Phi) is 7.01. The van der Waals surface area contributed by atoms with Gasteiger partial charge in [-0.05, 0) is 18.6 Å². The monoisotopic (exact) mass is 224 g/mol. The lowest BCUT2D eigenvalue weighted by atomic mass is 10.1. The van der Waals surface area contributed by atoms with E-state index in [1.54, 1.807) is 0 Å². The van der Waals surface area contributed by atoms with Crippen molar-refractivity contribution in [1.29, 1.82) is 0 Å². The topological polar surface area (TPSA) is 46.5 Å². The molecule has 16 heavy (non-hydrogen) atoms. The van der Waals surface area contributed by atoms with E-state index in [9.17, 15) is 0 Å². The number of aliphatic carboxylic acids is 1. The SMILES string of the molecule is CC.CC(=O)O.Cc1ccc2c(c1)CCO2. The lowest BCUT2D eigenvalue weighted by molar-refractivity contribution is -0.134. The second-order valence-electron chi connectivity index (χ2n) is 3.23. The van der Waals surface area contributed by atoms with Crippen molar-refractivity contribution in [3.05, 3.63) is 29.3 Å². The Morgan fingerprint density at radius 2 is 1.94 bits per heavy atom. The summed E-state index contributed by atoms with van der Waals surface area (Å²) in [5, 5.41) is 7.42. The molecule has 1 aromatic carbocycles. The van der Waals surface area contributed by atoms with Crippen LogP contribution in [0, 0.1) is 6.92 Å². The van der Waals surface area contributed by atoms with Crippen LogP contribution in [0.1, 0.15) is 31.9 Å². The molecule has 2 rings (SSSR count). The van der Waals surface area contributed by atoms with Gasteiger partial charge in [-0.25, -0.2) is 0 Å². The van der Waals surface area contributed by atoms with Crippen molar-refractivity contribution in [2.24, 2.45) is 0 Å². The fraction of sp³-hybridized carbons (Fsp3) is 0.462. The molecule has 0 spiro atoms. The minimum Gasteiger partial charge on any atom is -0.493 e. The van der Waals surface area contributed by atoms with Gasteiger partial charge in [0.05, 0.1) is 6.61 Å². The minimum absolute atomic E-state index is 0.833. The van der Waals surface area contributed by atoms with Crippen LogP contribution in [0.15, 0.2) is 18.2 Å². The van der Waals surface area contributed by atoms with Crippen LogP contribution in [0.2, 0.25) is 0 Å². The number of aryl methyl sites for hydroxylation is 1. The predicted octanol–water partition coefficient (Wildman–Crippen LogP) is 3.05. The van der Waals surface area contributed by atoms with E-state index in [4.69, 9.17) is 14.6 Å². The summed E-state index contributed by atoms with van der Waals surface area (Å²) in [5.41, 5.74) is 2.68. The molecule has 0 atom stereocenters. The maximum Gasteiger partial charge on any atom is 0.300 e. The van der Waals surface area contributed by atoms with Crippen molar-refractivity contribution < 1.29 is 14.6 Å². The Morgan fingerprint density at radius 1 is 1.38 bits per heavy atom. The third-order valence-electron chi connectivity index (χ3n) is 1.84. The van der Waals surface area contributed by atoms with Crippen LogP contribution in [0.4, 0.5) is 0 Å². The highest BCUT2D eigenvalue weighted by molar-refractivity contribution is 5.62. The molecular weight excluding hydrogens is 204 g/mol. The fourth-order valence-corrected chi connectivity index (χ4v) is 1.32. The van der Waals surface area contributed by atoms with E-state index in [1.807, 2.05) is 13.8 Å². The molecule has 0 aromatic heterocycles. The molecule has 3 nitrogen and oxygen atoms in total. The van der Waals surface area contributed by atoms with Gasteiger partial charge in [0.15, 0.2) is 0 Å². The fourth-order valence-electron chi connectivity index (χ4n) is 1.32. The second-order valence-corrected chi connectivity index (χ2v) is 3.23. The zero-order chi connectivity index (χ0) is 12.6. The Balaban J connectivity index is 0.000000323. The second kappa shape index (κ2) is 7.74.